The molecule has 78 valence electrons. The lowest BCUT2D eigenvalue weighted by molar-refractivity contribution is -0.624. The van der Waals surface area contributed by atoms with Crippen LogP contribution in [0.1, 0.15) is 0 Å². The molecule has 14 heavy (non-hydrogen) atoms. The van der Waals surface area contributed by atoms with Gasteiger partial charge in [0.25, 0.3) is 0 Å². The molecule has 0 heterocycles. The molecule has 0 spiro atoms. The Balaban J connectivity index is 3.11. The number of hydrogen-bond acceptors (Lipinski definition) is 3. The first kappa shape index (κ1) is 10.7. The van der Waals surface area contributed by atoms with Crippen LogP contribution in [0.25, 0.3) is 0 Å². The van der Waals surface area contributed by atoms with Crippen molar-refractivity contribution in [2.45, 2.75) is 11.9 Å². The zero-order valence-corrected chi connectivity index (χ0v) is 6.73. The minimum absolute atomic E-state index is 0.519. The standard InChI is InChI=1S/C7H6F3NO3/c8-7(9,10)5-3-1-2-4-6(5,12)11(13)14/h1-5,12H. The van der Waals surface area contributed by atoms with Crippen LogP contribution in [-0.4, -0.2) is 21.9 Å². The number of nitro groups is 1. The summed E-state index contributed by atoms with van der Waals surface area (Å²) in [6.45, 7) is 0. The Hall–Kier alpha value is -1.37. The van der Waals surface area contributed by atoms with Gasteiger partial charge >= 0.3 is 11.9 Å². The first-order chi connectivity index (χ1) is 6.28. The van der Waals surface area contributed by atoms with Crippen LogP contribution in [0, 0.1) is 16.0 Å². The zero-order valence-electron chi connectivity index (χ0n) is 6.73. The fraction of sp³-hybridized carbons (Fsp3) is 0.429. The van der Waals surface area contributed by atoms with Crippen LogP contribution < -0.4 is 0 Å². The van der Waals surface area contributed by atoms with Crippen molar-refractivity contribution < 1.29 is 23.2 Å². The van der Waals surface area contributed by atoms with E-state index in [-0.39, 0.29) is 0 Å². The van der Waals surface area contributed by atoms with Crippen LogP contribution in [0.3, 0.4) is 0 Å². The van der Waals surface area contributed by atoms with E-state index in [4.69, 9.17) is 0 Å². The van der Waals surface area contributed by atoms with Gasteiger partial charge in [-0.25, -0.2) is 0 Å². The third-order valence-corrected chi connectivity index (χ3v) is 1.86. The van der Waals surface area contributed by atoms with Crippen LogP contribution >= 0.6 is 0 Å². The zero-order chi connectivity index (χ0) is 11.0. The van der Waals surface area contributed by atoms with Crippen LogP contribution in [0.2, 0.25) is 0 Å². The van der Waals surface area contributed by atoms with Gasteiger partial charge in [0, 0.05) is 6.08 Å². The van der Waals surface area contributed by atoms with Crippen molar-refractivity contribution in [2.24, 2.45) is 5.92 Å². The molecule has 2 unspecified atom stereocenters. The van der Waals surface area contributed by atoms with Crippen LogP contribution in [-0.2, 0) is 0 Å². The molecular weight excluding hydrogens is 203 g/mol. The molecule has 1 aliphatic carbocycles. The second-order valence-corrected chi connectivity index (χ2v) is 2.80. The Morgan fingerprint density at radius 3 is 2.36 bits per heavy atom. The van der Waals surface area contributed by atoms with Gasteiger partial charge in [-0.05, 0) is 0 Å². The number of hydrogen-bond donors (Lipinski definition) is 1. The van der Waals surface area contributed by atoms with Gasteiger partial charge in [0.15, 0.2) is 5.92 Å². The minimum Gasteiger partial charge on any atom is -0.326 e. The van der Waals surface area contributed by atoms with Crippen molar-refractivity contribution in [1.82, 2.24) is 0 Å². The summed E-state index contributed by atoms with van der Waals surface area (Å²) < 4.78 is 36.7. The molecule has 0 aromatic rings. The summed E-state index contributed by atoms with van der Waals surface area (Å²) >= 11 is 0. The van der Waals surface area contributed by atoms with Crippen molar-refractivity contribution in [1.29, 1.82) is 0 Å². The fourth-order valence-electron chi connectivity index (χ4n) is 1.14. The van der Waals surface area contributed by atoms with Crippen LogP contribution in [0.5, 0.6) is 0 Å². The molecule has 0 bridgehead atoms. The molecule has 7 heteroatoms. The van der Waals surface area contributed by atoms with Gasteiger partial charge in [0.1, 0.15) is 0 Å². The maximum Gasteiger partial charge on any atom is 0.405 e. The van der Waals surface area contributed by atoms with Crippen molar-refractivity contribution in [3.05, 3.63) is 34.4 Å². The third kappa shape index (κ3) is 1.63. The van der Waals surface area contributed by atoms with Gasteiger partial charge in [0.05, 0.1) is 4.92 Å². The van der Waals surface area contributed by atoms with E-state index in [0.717, 1.165) is 12.2 Å². The van der Waals surface area contributed by atoms with E-state index in [2.05, 4.69) is 0 Å². The van der Waals surface area contributed by atoms with Gasteiger partial charge in [-0.3, -0.25) is 10.1 Å². The number of nitrogens with zero attached hydrogens (tertiary/aromatic N) is 1. The summed E-state index contributed by atoms with van der Waals surface area (Å²) in [5, 5.41) is 19.5. The van der Waals surface area contributed by atoms with E-state index < -0.39 is 22.7 Å². The highest BCUT2D eigenvalue weighted by atomic mass is 19.4. The largest absolute Gasteiger partial charge is 0.405 e. The van der Waals surface area contributed by atoms with E-state index in [0.29, 0.717) is 12.2 Å². The Morgan fingerprint density at radius 2 is 2.00 bits per heavy atom. The average Bonchev–Trinajstić information content (AvgIpc) is 2.02. The van der Waals surface area contributed by atoms with Gasteiger partial charge in [-0.2, -0.15) is 13.2 Å². The van der Waals surface area contributed by atoms with Crippen molar-refractivity contribution in [3.8, 4) is 0 Å². The summed E-state index contributed by atoms with van der Waals surface area (Å²) in [5.74, 6) is -2.50. The van der Waals surface area contributed by atoms with Crippen LogP contribution in [0.4, 0.5) is 13.2 Å². The molecule has 1 N–H and O–H groups in total. The van der Waals surface area contributed by atoms with Gasteiger partial charge < -0.3 is 5.11 Å². The van der Waals surface area contributed by atoms with Crippen LogP contribution in [0.15, 0.2) is 24.3 Å². The normalized spacial score (nSPS) is 31.9. The summed E-state index contributed by atoms with van der Waals surface area (Å²) in [4.78, 5) is 8.95. The van der Waals surface area contributed by atoms with E-state index in [1.165, 1.54) is 0 Å². The lowest BCUT2D eigenvalue weighted by atomic mass is 9.91. The number of allylic oxidation sites excluding steroid dienone is 2. The minimum atomic E-state index is -4.84. The van der Waals surface area contributed by atoms with E-state index in [1.807, 2.05) is 0 Å². The molecular formula is C7H6F3NO3. The summed E-state index contributed by atoms with van der Waals surface area (Å²) in [6.07, 6.45) is -1.75. The highest BCUT2D eigenvalue weighted by molar-refractivity contribution is 5.19. The fourth-order valence-corrected chi connectivity index (χ4v) is 1.14. The number of halogens is 3. The molecule has 0 aliphatic heterocycles. The van der Waals surface area contributed by atoms with Gasteiger partial charge in [0.2, 0.25) is 0 Å². The lowest BCUT2D eigenvalue weighted by Crippen LogP contribution is -2.50. The first-order valence-electron chi connectivity index (χ1n) is 3.58. The van der Waals surface area contributed by atoms with E-state index >= 15 is 0 Å². The first-order valence-corrected chi connectivity index (χ1v) is 3.58. The summed E-state index contributed by atoms with van der Waals surface area (Å²) in [6, 6.07) is 0. The SMILES string of the molecule is O=[N+]([O-])C1(O)C=CC=CC1C(F)(F)F. The highest BCUT2D eigenvalue weighted by Gasteiger charge is 2.59. The molecule has 0 fully saturated rings. The Bertz CT molecular complexity index is 310. The smallest absolute Gasteiger partial charge is 0.326 e. The van der Waals surface area contributed by atoms with Crippen molar-refractivity contribution >= 4 is 0 Å². The predicted molar refractivity (Wildman–Crippen MR) is 39.8 cm³/mol. The number of aliphatic hydroxyl groups is 1. The predicted octanol–water partition coefficient (Wildman–Crippen LogP) is 1.26. The highest BCUT2D eigenvalue weighted by Crippen LogP contribution is 2.38. The Kier molecular flexibility index (Phi) is 2.36. The van der Waals surface area contributed by atoms with Gasteiger partial charge in [-0.15, -0.1) is 0 Å². The quantitative estimate of drug-likeness (QED) is 0.401. The third-order valence-electron chi connectivity index (χ3n) is 1.86. The Labute approximate surface area is 76.5 Å². The molecule has 0 radical (unpaired) electrons. The van der Waals surface area contributed by atoms with Crippen molar-refractivity contribution in [2.75, 3.05) is 0 Å². The monoisotopic (exact) mass is 209 g/mol. The summed E-state index contributed by atoms with van der Waals surface area (Å²) in [5.41, 5.74) is -3.09. The maximum atomic E-state index is 12.2. The van der Waals surface area contributed by atoms with E-state index in [9.17, 15) is 28.4 Å². The molecule has 1 aliphatic rings. The molecule has 0 amide bonds. The number of rotatable bonds is 1. The second kappa shape index (κ2) is 3.09. The molecule has 0 saturated heterocycles. The van der Waals surface area contributed by atoms with Crippen molar-refractivity contribution in [3.63, 3.8) is 0 Å². The molecule has 0 aromatic carbocycles. The summed E-state index contributed by atoms with van der Waals surface area (Å²) in [7, 11) is 0. The topological polar surface area (TPSA) is 63.4 Å². The second-order valence-electron chi connectivity index (χ2n) is 2.80. The Morgan fingerprint density at radius 1 is 1.43 bits per heavy atom. The van der Waals surface area contributed by atoms with E-state index in [1.54, 1.807) is 0 Å². The molecule has 0 saturated carbocycles. The maximum absolute atomic E-state index is 12.2. The molecule has 1 rings (SSSR count). The number of alkyl halides is 3. The van der Waals surface area contributed by atoms with Gasteiger partial charge in [-0.1, -0.05) is 18.2 Å². The average molecular weight is 209 g/mol. The molecule has 2 atom stereocenters. The lowest BCUT2D eigenvalue weighted by Gasteiger charge is -2.26. The molecule has 0 aromatic heterocycles. The molecule has 4 nitrogen and oxygen atoms in total.